The van der Waals surface area contributed by atoms with E-state index in [0.717, 1.165) is 49.3 Å². The summed E-state index contributed by atoms with van der Waals surface area (Å²) in [4.78, 5) is 4.79. The zero-order valence-corrected chi connectivity index (χ0v) is 33.0. The first-order valence-corrected chi connectivity index (χ1v) is 20.9. The van der Waals surface area contributed by atoms with Gasteiger partial charge in [0, 0.05) is 44.6 Å². The van der Waals surface area contributed by atoms with Crippen LogP contribution in [0.5, 0.6) is 11.5 Å². The molecule has 6 heteroatoms. The van der Waals surface area contributed by atoms with E-state index in [-0.39, 0.29) is 12.3 Å². The molecule has 3 aliphatic rings. The Bertz CT molecular complexity index is 3410. The SMILES string of the molecule is CC(C)(C)c1ccc(N2c3cc4c(cc3B3c5c(cc6ccccc6c52)-c2cccc5c6c7ccccc7oc6n3c25)Sc2ccccc2O4)c(-c2ccccc2)c1. The quantitative estimate of drug-likeness (QED) is 0.164. The molecule has 274 valence electrons. The molecule has 0 saturated heterocycles. The molecule has 10 aromatic rings. The van der Waals surface area contributed by atoms with Crippen molar-refractivity contribution in [2.24, 2.45) is 0 Å². The Labute approximate surface area is 340 Å². The summed E-state index contributed by atoms with van der Waals surface area (Å²) < 4.78 is 16.3. The van der Waals surface area contributed by atoms with Gasteiger partial charge in [-0.25, -0.2) is 0 Å². The van der Waals surface area contributed by atoms with E-state index < -0.39 is 0 Å². The van der Waals surface area contributed by atoms with E-state index >= 15 is 0 Å². The number of anilines is 3. The molecular weight excluding hydrogens is 727 g/mol. The number of benzene rings is 8. The predicted octanol–water partition coefficient (Wildman–Crippen LogP) is 13.3. The Hall–Kier alpha value is -6.63. The molecule has 0 atom stereocenters. The van der Waals surface area contributed by atoms with Crippen molar-refractivity contribution in [1.29, 1.82) is 0 Å². The molecule has 58 heavy (non-hydrogen) atoms. The van der Waals surface area contributed by atoms with Crippen LogP contribution in [0, 0.1) is 0 Å². The average Bonchev–Trinajstić information content (AvgIpc) is 3.79. The maximum Gasteiger partial charge on any atom is 0.336 e. The van der Waals surface area contributed by atoms with E-state index in [1.165, 1.54) is 71.5 Å². The van der Waals surface area contributed by atoms with Crippen molar-refractivity contribution in [2.75, 3.05) is 4.90 Å². The van der Waals surface area contributed by atoms with Crippen LogP contribution in [0.15, 0.2) is 172 Å². The molecular formula is C52H35BN2O2S. The zero-order valence-electron chi connectivity index (χ0n) is 32.2. The van der Waals surface area contributed by atoms with Crippen molar-refractivity contribution in [2.45, 2.75) is 36.0 Å². The third kappa shape index (κ3) is 4.33. The maximum absolute atomic E-state index is 6.97. The van der Waals surface area contributed by atoms with Crippen LogP contribution in [0.4, 0.5) is 17.1 Å². The minimum absolute atomic E-state index is 0.0371. The van der Waals surface area contributed by atoms with Gasteiger partial charge < -0.3 is 18.5 Å². The van der Waals surface area contributed by atoms with Gasteiger partial charge in [-0.05, 0) is 80.9 Å². The number of para-hydroxylation sites is 3. The summed E-state index contributed by atoms with van der Waals surface area (Å²) >= 11 is 1.79. The largest absolute Gasteiger partial charge is 0.455 e. The summed E-state index contributed by atoms with van der Waals surface area (Å²) in [5.74, 6) is 1.75. The van der Waals surface area contributed by atoms with E-state index in [4.69, 9.17) is 9.15 Å². The van der Waals surface area contributed by atoms with E-state index in [9.17, 15) is 0 Å². The second kappa shape index (κ2) is 11.5. The first-order chi connectivity index (χ1) is 28.4. The first-order valence-electron chi connectivity index (χ1n) is 20.0. The second-order valence-corrected chi connectivity index (χ2v) is 17.9. The van der Waals surface area contributed by atoms with Gasteiger partial charge in [0.2, 0.25) is 0 Å². The number of ether oxygens (including phenoxy) is 1. The number of rotatable bonds is 2. The van der Waals surface area contributed by atoms with Gasteiger partial charge in [-0.15, -0.1) is 0 Å². The third-order valence-corrected chi connectivity index (χ3v) is 13.7. The molecule has 0 fully saturated rings. The van der Waals surface area contributed by atoms with Crippen molar-refractivity contribution in [3.8, 4) is 33.8 Å². The van der Waals surface area contributed by atoms with E-state index in [2.05, 4.69) is 188 Å². The number of fused-ring (bicyclic) bond motifs is 13. The van der Waals surface area contributed by atoms with Gasteiger partial charge in [-0.1, -0.05) is 142 Å². The molecule has 4 nitrogen and oxygen atoms in total. The third-order valence-electron chi connectivity index (χ3n) is 12.6. The number of nitrogens with zero attached hydrogens (tertiary/aromatic N) is 2. The molecule has 0 amide bonds. The summed E-state index contributed by atoms with van der Waals surface area (Å²) in [7, 11) is 0. The van der Waals surface area contributed by atoms with Crippen molar-refractivity contribution < 1.29 is 9.15 Å². The number of furan rings is 1. The second-order valence-electron chi connectivity index (χ2n) is 16.9. The van der Waals surface area contributed by atoms with Gasteiger partial charge in [-0.3, -0.25) is 0 Å². The number of hydrogen-bond donors (Lipinski definition) is 0. The van der Waals surface area contributed by atoms with Crippen molar-refractivity contribution >= 4 is 90.3 Å². The molecule has 13 rings (SSSR count). The molecule has 0 radical (unpaired) electrons. The lowest BCUT2D eigenvalue weighted by Gasteiger charge is -2.42. The Morgan fingerprint density at radius 3 is 2.24 bits per heavy atom. The Morgan fingerprint density at radius 2 is 1.36 bits per heavy atom. The lowest BCUT2D eigenvalue weighted by Crippen LogP contribution is -2.56. The summed E-state index contributed by atoms with van der Waals surface area (Å²) in [5.41, 5.74) is 15.1. The highest BCUT2D eigenvalue weighted by Gasteiger charge is 2.46. The molecule has 3 aliphatic heterocycles. The van der Waals surface area contributed by atoms with Gasteiger partial charge in [0.1, 0.15) is 17.1 Å². The normalized spacial score (nSPS) is 13.8. The van der Waals surface area contributed by atoms with Crippen molar-refractivity contribution in [1.82, 2.24) is 4.48 Å². The monoisotopic (exact) mass is 762 g/mol. The lowest BCUT2D eigenvalue weighted by atomic mass is 9.45. The molecule has 0 saturated carbocycles. The van der Waals surface area contributed by atoms with Gasteiger partial charge >= 0.3 is 6.85 Å². The Balaban J connectivity index is 1.21. The number of hydrogen-bond acceptors (Lipinski definition) is 4. The van der Waals surface area contributed by atoms with Crippen LogP contribution in [0.2, 0.25) is 0 Å². The first kappa shape index (κ1) is 32.5. The van der Waals surface area contributed by atoms with Crippen molar-refractivity contribution in [3.63, 3.8) is 0 Å². The molecule has 2 aromatic heterocycles. The predicted molar refractivity (Wildman–Crippen MR) is 242 cm³/mol. The van der Waals surface area contributed by atoms with Crippen LogP contribution in [0.3, 0.4) is 0 Å². The molecule has 0 N–H and O–H groups in total. The smallest absolute Gasteiger partial charge is 0.336 e. The molecule has 0 aliphatic carbocycles. The molecule has 0 spiro atoms. The van der Waals surface area contributed by atoms with E-state index in [1.807, 2.05) is 0 Å². The Morgan fingerprint density at radius 1 is 0.586 bits per heavy atom. The maximum atomic E-state index is 6.97. The topological polar surface area (TPSA) is 30.5 Å². The van der Waals surface area contributed by atoms with E-state index in [1.54, 1.807) is 11.8 Å². The average molecular weight is 763 g/mol. The minimum atomic E-state index is -0.173. The Kier molecular flexibility index (Phi) is 6.43. The standard InChI is InChI=1S/C52H35BN2O2S/c1-52(2,3)32-24-25-40(37(27-32)30-14-5-4-6-15-30)54-41-29-44-46(58-45-23-12-11-22-43(45)56-44)28-39(41)53-48-38(26-31-16-7-8-17-33(31)50(48)54)34-19-13-20-36-47-35-18-9-10-21-42(35)57-51(47)55(53)49(34)36/h4-29H,1-3H3. The molecule has 0 bridgehead atoms. The summed E-state index contributed by atoms with van der Waals surface area (Å²) in [6, 6.07) is 57.7. The van der Waals surface area contributed by atoms with E-state index in [0.29, 0.717) is 0 Å². The van der Waals surface area contributed by atoms with Gasteiger partial charge in [0.25, 0.3) is 0 Å². The fourth-order valence-corrected chi connectivity index (χ4v) is 10.9. The number of aromatic nitrogens is 1. The molecule has 0 unspecified atom stereocenters. The zero-order chi connectivity index (χ0) is 38.4. The van der Waals surface area contributed by atoms with Crippen LogP contribution in [0.25, 0.3) is 66.0 Å². The fourth-order valence-electron chi connectivity index (χ4n) is 9.95. The van der Waals surface area contributed by atoms with Crippen molar-refractivity contribution in [3.05, 3.63) is 163 Å². The lowest BCUT2D eigenvalue weighted by molar-refractivity contribution is 0.455. The fraction of sp³-hybridized carbons (Fsp3) is 0.0769. The van der Waals surface area contributed by atoms with Crippen LogP contribution in [-0.2, 0) is 5.41 Å². The van der Waals surface area contributed by atoms with Gasteiger partial charge in [0.15, 0.2) is 5.71 Å². The highest BCUT2D eigenvalue weighted by atomic mass is 32.2. The summed E-state index contributed by atoms with van der Waals surface area (Å²) in [6.45, 7) is 6.72. The molecule has 8 aromatic carbocycles. The molecule has 5 heterocycles. The minimum Gasteiger partial charge on any atom is -0.455 e. The highest BCUT2D eigenvalue weighted by Crippen LogP contribution is 2.54. The van der Waals surface area contributed by atoms with Gasteiger partial charge in [0.05, 0.1) is 26.6 Å². The van der Waals surface area contributed by atoms with Gasteiger partial charge in [-0.2, -0.15) is 0 Å². The summed E-state index contributed by atoms with van der Waals surface area (Å²) in [6.07, 6.45) is 0. The highest BCUT2D eigenvalue weighted by molar-refractivity contribution is 7.99. The van der Waals surface area contributed by atoms with Crippen LogP contribution in [0.1, 0.15) is 26.3 Å². The van der Waals surface area contributed by atoms with Crippen LogP contribution >= 0.6 is 11.8 Å². The van der Waals surface area contributed by atoms with Crippen LogP contribution < -0.4 is 20.6 Å². The summed E-state index contributed by atoms with van der Waals surface area (Å²) in [5, 5.41) is 5.95. The van der Waals surface area contributed by atoms with Crippen LogP contribution in [-0.4, -0.2) is 11.3 Å².